The molecule has 0 amide bonds. The van der Waals surface area contributed by atoms with Crippen LogP contribution in [0.4, 0.5) is 0 Å². The Balaban J connectivity index is 2.67. The predicted octanol–water partition coefficient (Wildman–Crippen LogP) is 2.46. The summed E-state index contributed by atoms with van der Waals surface area (Å²) in [6, 6.07) is 6.21. The molecule has 6 nitrogen and oxygen atoms in total. The third-order valence-electron chi connectivity index (χ3n) is 3.59. The number of hydrogen-bond acceptors (Lipinski definition) is 4. The van der Waals surface area contributed by atoms with E-state index in [1.54, 1.807) is 7.11 Å². The summed E-state index contributed by atoms with van der Waals surface area (Å²) in [4.78, 5) is 4.69. The predicted molar refractivity (Wildman–Crippen MR) is 109 cm³/mol. The van der Waals surface area contributed by atoms with Gasteiger partial charge in [0.1, 0.15) is 12.4 Å². The molecule has 0 radical (unpaired) electrons. The van der Waals surface area contributed by atoms with Gasteiger partial charge in [-0.2, -0.15) is 0 Å². The van der Waals surface area contributed by atoms with Gasteiger partial charge in [-0.25, -0.2) is 4.99 Å². The largest absolute Gasteiger partial charge is 0.491 e. The maximum Gasteiger partial charge on any atom is 0.191 e. The molecule has 0 aliphatic carbocycles. The van der Waals surface area contributed by atoms with Crippen molar-refractivity contribution in [2.75, 3.05) is 40.0 Å². The summed E-state index contributed by atoms with van der Waals surface area (Å²) in [5.74, 6) is 1.68. The van der Waals surface area contributed by atoms with E-state index in [2.05, 4.69) is 62.7 Å². The van der Waals surface area contributed by atoms with Crippen molar-refractivity contribution in [3.8, 4) is 5.75 Å². The van der Waals surface area contributed by atoms with Crippen molar-refractivity contribution in [3.05, 3.63) is 29.3 Å². The normalized spacial score (nSPS) is 12.2. The van der Waals surface area contributed by atoms with E-state index in [-0.39, 0.29) is 5.54 Å². The Morgan fingerprint density at radius 1 is 1.12 bits per heavy atom. The highest BCUT2D eigenvalue weighted by Gasteiger charge is 2.08. The first-order chi connectivity index (χ1) is 12.4. The zero-order chi connectivity index (χ0) is 19.4. The molecule has 0 saturated heterocycles. The zero-order valence-electron chi connectivity index (χ0n) is 17.2. The van der Waals surface area contributed by atoms with E-state index < -0.39 is 0 Å². The monoisotopic (exact) mass is 364 g/mol. The number of benzene rings is 1. The molecule has 0 unspecified atom stereocenters. The number of nitrogens with zero attached hydrogens (tertiary/aromatic N) is 1. The SMILES string of the molecule is CCNC(=NCc1ccc(C)cc1OCCOC)NCCNC(C)(C)C. The second-order valence-corrected chi connectivity index (χ2v) is 7.25. The van der Waals surface area contributed by atoms with E-state index in [0.717, 1.165) is 36.9 Å². The fraction of sp³-hybridized carbons (Fsp3) is 0.650. The van der Waals surface area contributed by atoms with Crippen LogP contribution in [-0.4, -0.2) is 51.5 Å². The quantitative estimate of drug-likeness (QED) is 0.338. The topological polar surface area (TPSA) is 66.9 Å². The van der Waals surface area contributed by atoms with Crippen LogP contribution < -0.4 is 20.7 Å². The van der Waals surface area contributed by atoms with E-state index in [0.29, 0.717) is 19.8 Å². The smallest absolute Gasteiger partial charge is 0.191 e. The van der Waals surface area contributed by atoms with Crippen molar-refractivity contribution in [1.29, 1.82) is 0 Å². The van der Waals surface area contributed by atoms with E-state index in [1.165, 1.54) is 5.56 Å². The van der Waals surface area contributed by atoms with Crippen LogP contribution in [0.5, 0.6) is 5.75 Å². The second-order valence-electron chi connectivity index (χ2n) is 7.25. The Labute approximate surface area is 158 Å². The van der Waals surface area contributed by atoms with Gasteiger partial charge in [-0.3, -0.25) is 0 Å². The number of aryl methyl sites for hydroxylation is 1. The van der Waals surface area contributed by atoms with Crippen LogP contribution in [0.3, 0.4) is 0 Å². The average molecular weight is 365 g/mol. The maximum absolute atomic E-state index is 5.84. The summed E-state index contributed by atoms with van der Waals surface area (Å²) in [6.45, 7) is 14.8. The van der Waals surface area contributed by atoms with Crippen LogP contribution in [0.1, 0.15) is 38.8 Å². The molecule has 6 heteroatoms. The minimum absolute atomic E-state index is 0.119. The summed E-state index contributed by atoms with van der Waals surface area (Å²) in [6.07, 6.45) is 0. The molecule has 1 rings (SSSR count). The van der Waals surface area contributed by atoms with Gasteiger partial charge >= 0.3 is 0 Å². The average Bonchev–Trinajstić information content (AvgIpc) is 2.57. The van der Waals surface area contributed by atoms with Crippen molar-refractivity contribution in [2.24, 2.45) is 4.99 Å². The second kappa shape index (κ2) is 11.8. The summed E-state index contributed by atoms with van der Waals surface area (Å²) >= 11 is 0. The maximum atomic E-state index is 5.84. The van der Waals surface area contributed by atoms with Crippen LogP contribution in [-0.2, 0) is 11.3 Å². The molecule has 0 saturated carbocycles. The molecular formula is C20H36N4O2. The van der Waals surface area contributed by atoms with E-state index in [1.807, 2.05) is 6.07 Å². The highest BCUT2D eigenvalue weighted by Crippen LogP contribution is 2.21. The minimum atomic E-state index is 0.119. The summed E-state index contributed by atoms with van der Waals surface area (Å²) in [5, 5.41) is 10.1. The van der Waals surface area contributed by atoms with E-state index in [9.17, 15) is 0 Å². The van der Waals surface area contributed by atoms with Crippen molar-refractivity contribution in [1.82, 2.24) is 16.0 Å². The van der Waals surface area contributed by atoms with Gasteiger partial charge in [-0.05, 0) is 46.2 Å². The first kappa shape index (κ1) is 22.3. The van der Waals surface area contributed by atoms with Gasteiger partial charge in [0.25, 0.3) is 0 Å². The van der Waals surface area contributed by atoms with Crippen LogP contribution in [0.15, 0.2) is 23.2 Å². The summed E-state index contributed by atoms with van der Waals surface area (Å²) < 4.78 is 10.9. The summed E-state index contributed by atoms with van der Waals surface area (Å²) in [7, 11) is 1.67. The third-order valence-corrected chi connectivity index (χ3v) is 3.59. The molecule has 0 spiro atoms. The lowest BCUT2D eigenvalue weighted by molar-refractivity contribution is 0.145. The first-order valence-electron chi connectivity index (χ1n) is 9.34. The van der Waals surface area contributed by atoms with Crippen molar-refractivity contribution < 1.29 is 9.47 Å². The molecule has 3 N–H and O–H groups in total. The van der Waals surface area contributed by atoms with Gasteiger partial charge in [-0.1, -0.05) is 12.1 Å². The van der Waals surface area contributed by atoms with Crippen LogP contribution in [0.25, 0.3) is 0 Å². The number of rotatable bonds is 10. The molecule has 0 aliphatic heterocycles. The molecule has 0 fully saturated rings. The number of hydrogen-bond donors (Lipinski definition) is 3. The number of guanidine groups is 1. The highest BCUT2D eigenvalue weighted by molar-refractivity contribution is 5.79. The fourth-order valence-corrected chi connectivity index (χ4v) is 2.29. The molecule has 148 valence electrons. The molecular weight excluding hydrogens is 328 g/mol. The van der Waals surface area contributed by atoms with Crippen LogP contribution >= 0.6 is 0 Å². The lowest BCUT2D eigenvalue weighted by atomic mass is 10.1. The standard InChI is InChI=1S/C20H36N4O2/c1-7-21-19(22-10-11-24-20(3,4)5)23-15-17-9-8-16(2)14-18(17)26-13-12-25-6/h8-9,14,24H,7,10-13,15H2,1-6H3,(H2,21,22,23). The van der Waals surface area contributed by atoms with Crippen LogP contribution in [0, 0.1) is 6.92 Å². The Morgan fingerprint density at radius 3 is 2.54 bits per heavy atom. The van der Waals surface area contributed by atoms with E-state index in [4.69, 9.17) is 14.5 Å². The molecule has 0 heterocycles. The zero-order valence-corrected chi connectivity index (χ0v) is 17.2. The van der Waals surface area contributed by atoms with E-state index >= 15 is 0 Å². The molecule has 1 aromatic carbocycles. The number of aliphatic imine (C=N–C) groups is 1. The third kappa shape index (κ3) is 9.63. The molecule has 26 heavy (non-hydrogen) atoms. The molecule has 0 atom stereocenters. The highest BCUT2D eigenvalue weighted by atomic mass is 16.5. The van der Waals surface area contributed by atoms with Gasteiger partial charge in [0.2, 0.25) is 0 Å². The van der Waals surface area contributed by atoms with Gasteiger partial charge in [0.05, 0.1) is 13.2 Å². The molecule has 0 bridgehead atoms. The minimum Gasteiger partial charge on any atom is -0.491 e. The van der Waals surface area contributed by atoms with Crippen molar-refractivity contribution in [2.45, 2.75) is 46.7 Å². The molecule has 0 aliphatic rings. The Kier molecular flexibility index (Phi) is 10.1. The lowest BCUT2D eigenvalue weighted by Gasteiger charge is -2.21. The number of ether oxygens (including phenoxy) is 2. The Hall–Kier alpha value is -1.79. The number of methoxy groups -OCH3 is 1. The molecule has 0 aromatic heterocycles. The first-order valence-corrected chi connectivity index (χ1v) is 9.34. The van der Waals surface area contributed by atoms with Gasteiger partial charge in [0, 0.05) is 37.8 Å². The molecule has 1 aromatic rings. The van der Waals surface area contributed by atoms with Crippen molar-refractivity contribution in [3.63, 3.8) is 0 Å². The van der Waals surface area contributed by atoms with Crippen LogP contribution in [0.2, 0.25) is 0 Å². The summed E-state index contributed by atoms with van der Waals surface area (Å²) in [5.41, 5.74) is 2.35. The lowest BCUT2D eigenvalue weighted by Crippen LogP contribution is -2.44. The van der Waals surface area contributed by atoms with Gasteiger partial charge in [0.15, 0.2) is 5.96 Å². The number of nitrogens with one attached hydrogen (secondary N) is 3. The van der Waals surface area contributed by atoms with Gasteiger partial charge < -0.3 is 25.4 Å². The van der Waals surface area contributed by atoms with Gasteiger partial charge in [-0.15, -0.1) is 0 Å². The van der Waals surface area contributed by atoms with Crippen molar-refractivity contribution >= 4 is 5.96 Å². The fourth-order valence-electron chi connectivity index (χ4n) is 2.29. The Morgan fingerprint density at radius 2 is 1.88 bits per heavy atom. The Bertz CT molecular complexity index is 553.